The predicted molar refractivity (Wildman–Crippen MR) is 55.8 cm³/mol. The first-order valence-corrected chi connectivity index (χ1v) is 4.68. The van der Waals surface area contributed by atoms with E-state index < -0.39 is 5.82 Å². The Morgan fingerprint density at radius 2 is 2.06 bits per heavy atom. The molecule has 0 amide bonds. The van der Waals surface area contributed by atoms with E-state index in [4.69, 9.17) is 10.5 Å². The highest BCUT2D eigenvalue weighted by atomic mass is 19.1. The smallest absolute Gasteiger partial charge is 0.171 e. The molecule has 1 heterocycles. The molecule has 16 heavy (non-hydrogen) atoms. The monoisotopic (exact) mass is 222 g/mol. The number of rotatable bonds is 3. The van der Waals surface area contributed by atoms with Crippen molar-refractivity contribution in [3.8, 4) is 11.4 Å². The zero-order valence-electron chi connectivity index (χ0n) is 8.72. The SMILES string of the molecule is COc1ccc(-n2cnnc2)c(CN)c1F. The van der Waals surface area contributed by atoms with Crippen LogP contribution in [0.5, 0.6) is 5.75 Å². The third-order valence-electron chi connectivity index (χ3n) is 2.30. The first-order valence-electron chi connectivity index (χ1n) is 4.68. The number of nitrogens with zero attached hydrogens (tertiary/aromatic N) is 3. The van der Waals surface area contributed by atoms with Gasteiger partial charge in [-0.2, -0.15) is 0 Å². The molecule has 0 aliphatic heterocycles. The van der Waals surface area contributed by atoms with Crippen LogP contribution in [0, 0.1) is 5.82 Å². The van der Waals surface area contributed by atoms with Crippen LogP contribution >= 0.6 is 0 Å². The average Bonchev–Trinajstić information content (AvgIpc) is 2.82. The number of nitrogens with two attached hydrogens (primary N) is 1. The molecule has 2 aromatic rings. The summed E-state index contributed by atoms with van der Waals surface area (Å²) in [6, 6.07) is 3.26. The Bertz CT molecular complexity index is 484. The van der Waals surface area contributed by atoms with E-state index in [2.05, 4.69) is 10.2 Å². The van der Waals surface area contributed by atoms with E-state index in [0.29, 0.717) is 11.3 Å². The lowest BCUT2D eigenvalue weighted by Gasteiger charge is -2.11. The molecule has 2 rings (SSSR count). The Morgan fingerprint density at radius 3 is 2.62 bits per heavy atom. The minimum Gasteiger partial charge on any atom is -0.494 e. The van der Waals surface area contributed by atoms with Gasteiger partial charge in [-0.3, -0.25) is 4.57 Å². The van der Waals surface area contributed by atoms with Crippen molar-refractivity contribution in [2.24, 2.45) is 5.73 Å². The summed E-state index contributed by atoms with van der Waals surface area (Å²) in [4.78, 5) is 0. The van der Waals surface area contributed by atoms with Gasteiger partial charge in [0.15, 0.2) is 11.6 Å². The molecule has 0 saturated heterocycles. The van der Waals surface area contributed by atoms with Crippen LogP contribution in [0.25, 0.3) is 5.69 Å². The molecular weight excluding hydrogens is 211 g/mol. The predicted octanol–water partition coefficient (Wildman–Crippen LogP) is 0.874. The number of halogens is 1. The molecule has 0 aliphatic carbocycles. The number of benzene rings is 1. The van der Waals surface area contributed by atoms with Crippen LogP contribution in [0.1, 0.15) is 5.56 Å². The van der Waals surface area contributed by atoms with Crippen LogP contribution in [0.2, 0.25) is 0 Å². The zero-order valence-corrected chi connectivity index (χ0v) is 8.72. The van der Waals surface area contributed by atoms with Crippen LogP contribution in [-0.2, 0) is 6.54 Å². The number of hydrogen-bond donors (Lipinski definition) is 1. The van der Waals surface area contributed by atoms with Crippen molar-refractivity contribution in [3.05, 3.63) is 36.2 Å². The summed E-state index contributed by atoms with van der Waals surface area (Å²) in [5, 5.41) is 7.33. The van der Waals surface area contributed by atoms with Crippen LogP contribution in [-0.4, -0.2) is 21.9 Å². The maximum absolute atomic E-state index is 13.9. The molecule has 0 fully saturated rings. The summed E-state index contributed by atoms with van der Waals surface area (Å²) in [6.07, 6.45) is 2.97. The Kier molecular flexibility index (Phi) is 2.82. The van der Waals surface area contributed by atoms with E-state index in [1.807, 2.05) is 0 Å². The molecule has 0 radical (unpaired) electrons. The van der Waals surface area contributed by atoms with E-state index in [1.54, 1.807) is 16.7 Å². The number of ether oxygens (including phenoxy) is 1. The molecule has 84 valence electrons. The number of hydrogen-bond acceptors (Lipinski definition) is 4. The van der Waals surface area contributed by atoms with Gasteiger partial charge in [0.2, 0.25) is 0 Å². The zero-order chi connectivity index (χ0) is 11.5. The molecule has 6 heteroatoms. The Balaban J connectivity index is 2.59. The number of aromatic nitrogens is 3. The van der Waals surface area contributed by atoms with Gasteiger partial charge in [0, 0.05) is 12.1 Å². The summed E-state index contributed by atoms with van der Waals surface area (Å²) >= 11 is 0. The van der Waals surface area contributed by atoms with E-state index >= 15 is 0 Å². The van der Waals surface area contributed by atoms with Crippen molar-refractivity contribution in [1.29, 1.82) is 0 Å². The van der Waals surface area contributed by atoms with Gasteiger partial charge in [-0.1, -0.05) is 0 Å². The fourth-order valence-electron chi connectivity index (χ4n) is 1.51. The third kappa shape index (κ3) is 1.63. The molecule has 1 aromatic carbocycles. The highest BCUT2D eigenvalue weighted by molar-refractivity contribution is 5.46. The lowest BCUT2D eigenvalue weighted by Crippen LogP contribution is -2.07. The molecule has 0 spiro atoms. The van der Waals surface area contributed by atoms with Crippen molar-refractivity contribution in [1.82, 2.24) is 14.8 Å². The van der Waals surface area contributed by atoms with Gasteiger partial charge in [0.25, 0.3) is 0 Å². The van der Waals surface area contributed by atoms with Crippen LogP contribution in [0.3, 0.4) is 0 Å². The molecule has 2 N–H and O–H groups in total. The molecule has 0 aliphatic rings. The van der Waals surface area contributed by atoms with Gasteiger partial charge in [-0.05, 0) is 12.1 Å². The lowest BCUT2D eigenvalue weighted by molar-refractivity contribution is 0.384. The summed E-state index contributed by atoms with van der Waals surface area (Å²) in [7, 11) is 1.41. The Labute approximate surface area is 91.7 Å². The van der Waals surface area contributed by atoms with E-state index in [-0.39, 0.29) is 12.3 Å². The highest BCUT2D eigenvalue weighted by Crippen LogP contribution is 2.25. The van der Waals surface area contributed by atoms with Crippen molar-refractivity contribution in [3.63, 3.8) is 0 Å². The van der Waals surface area contributed by atoms with E-state index in [0.717, 1.165) is 0 Å². The molecule has 0 atom stereocenters. The Hall–Kier alpha value is -1.95. The van der Waals surface area contributed by atoms with Crippen LogP contribution < -0.4 is 10.5 Å². The first kappa shape index (κ1) is 10.6. The van der Waals surface area contributed by atoms with Gasteiger partial charge in [0.1, 0.15) is 12.7 Å². The average molecular weight is 222 g/mol. The van der Waals surface area contributed by atoms with Crippen LogP contribution in [0.15, 0.2) is 24.8 Å². The molecule has 0 saturated carbocycles. The van der Waals surface area contributed by atoms with E-state index in [1.165, 1.54) is 19.8 Å². The summed E-state index contributed by atoms with van der Waals surface area (Å²) < 4.78 is 20.4. The quantitative estimate of drug-likeness (QED) is 0.837. The standard InChI is InChI=1S/C10H11FN4O/c1-16-9-3-2-8(7(4-12)10(9)11)15-5-13-14-6-15/h2-3,5-6H,4,12H2,1H3. The molecule has 0 unspecified atom stereocenters. The van der Waals surface area contributed by atoms with Gasteiger partial charge in [0.05, 0.1) is 12.8 Å². The second-order valence-electron chi connectivity index (χ2n) is 3.15. The summed E-state index contributed by atoms with van der Waals surface area (Å²) in [5.41, 5.74) is 6.52. The first-order chi connectivity index (χ1) is 7.77. The van der Waals surface area contributed by atoms with Crippen molar-refractivity contribution >= 4 is 0 Å². The Morgan fingerprint density at radius 1 is 1.38 bits per heavy atom. The normalized spacial score (nSPS) is 10.4. The van der Waals surface area contributed by atoms with Crippen LogP contribution in [0.4, 0.5) is 4.39 Å². The third-order valence-corrected chi connectivity index (χ3v) is 2.30. The molecule has 5 nitrogen and oxygen atoms in total. The maximum Gasteiger partial charge on any atom is 0.171 e. The molecular formula is C10H11FN4O. The highest BCUT2D eigenvalue weighted by Gasteiger charge is 2.13. The second kappa shape index (κ2) is 4.28. The molecule has 0 bridgehead atoms. The topological polar surface area (TPSA) is 66.0 Å². The largest absolute Gasteiger partial charge is 0.494 e. The van der Waals surface area contributed by atoms with Gasteiger partial charge in [-0.25, -0.2) is 4.39 Å². The fraction of sp³-hybridized carbons (Fsp3) is 0.200. The molecule has 1 aromatic heterocycles. The minimum absolute atomic E-state index is 0.0799. The summed E-state index contributed by atoms with van der Waals surface area (Å²) in [6.45, 7) is 0.0799. The van der Waals surface area contributed by atoms with E-state index in [9.17, 15) is 4.39 Å². The van der Waals surface area contributed by atoms with Gasteiger partial charge < -0.3 is 10.5 Å². The second-order valence-corrected chi connectivity index (χ2v) is 3.15. The van der Waals surface area contributed by atoms with Crippen molar-refractivity contribution < 1.29 is 9.13 Å². The van der Waals surface area contributed by atoms with Crippen molar-refractivity contribution in [2.75, 3.05) is 7.11 Å². The van der Waals surface area contributed by atoms with Gasteiger partial charge >= 0.3 is 0 Å². The lowest BCUT2D eigenvalue weighted by atomic mass is 10.1. The summed E-state index contributed by atoms with van der Waals surface area (Å²) in [5.74, 6) is -0.270. The maximum atomic E-state index is 13.9. The fourth-order valence-corrected chi connectivity index (χ4v) is 1.51. The van der Waals surface area contributed by atoms with Gasteiger partial charge in [-0.15, -0.1) is 10.2 Å². The minimum atomic E-state index is -0.448. The number of methoxy groups -OCH3 is 1. The van der Waals surface area contributed by atoms with Crippen molar-refractivity contribution in [2.45, 2.75) is 6.54 Å².